The molecule has 9 nitrogen and oxygen atoms in total. The van der Waals surface area contributed by atoms with Crippen LogP contribution in [-0.2, 0) is 28.2 Å². The first-order valence-electron chi connectivity index (χ1n) is 13.4. The Hall–Kier alpha value is -4.73. The molecule has 0 fully saturated rings. The van der Waals surface area contributed by atoms with E-state index in [1.807, 2.05) is 36.3 Å². The smallest absolute Gasteiger partial charge is 0.328 e. The van der Waals surface area contributed by atoms with Crippen molar-refractivity contribution >= 4 is 27.6 Å². The predicted molar refractivity (Wildman–Crippen MR) is 154 cm³/mol. The van der Waals surface area contributed by atoms with Crippen molar-refractivity contribution in [1.29, 1.82) is 0 Å². The van der Waals surface area contributed by atoms with Crippen LogP contribution in [0, 0.1) is 5.82 Å². The molecule has 0 radical (unpaired) electrons. The fourth-order valence-electron chi connectivity index (χ4n) is 5.98. The van der Waals surface area contributed by atoms with Crippen molar-refractivity contribution in [1.82, 2.24) is 38.0 Å². The summed E-state index contributed by atoms with van der Waals surface area (Å²) in [5.41, 5.74) is 7.90. The standard InChI is InChI=1S/C30H29FN8O/c1-35-17-32-15-27(35)29-34-24-12-21(19-14-33-36(2)16-19)23(31)13-25(24)39(29)20-10-22(18-8-6-5-7-9-18)28-26(11-20)37(3)30(40)38(28)4/h8,10-17H,5-7,9H2,1-4H3. The zero-order valence-electron chi connectivity index (χ0n) is 22.9. The number of fused-ring (bicyclic) bond motifs is 2. The Balaban J connectivity index is 1.57. The molecule has 0 saturated carbocycles. The zero-order chi connectivity index (χ0) is 27.7. The fraction of sp³-hybridized carbons (Fsp3) is 0.267. The molecule has 40 heavy (non-hydrogen) atoms. The number of allylic oxidation sites excluding steroid dienone is 2. The molecule has 2 aromatic carbocycles. The Morgan fingerprint density at radius 1 is 0.925 bits per heavy atom. The highest BCUT2D eigenvalue weighted by Crippen LogP contribution is 2.37. The van der Waals surface area contributed by atoms with E-state index >= 15 is 4.39 Å². The van der Waals surface area contributed by atoms with E-state index < -0.39 is 0 Å². The molecule has 0 amide bonds. The van der Waals surface area contributed by atoms with Crippen LogP contribution >= 0.6 is 0 Å². The van der Waals surface area contributed by atoms with Crippen molar-refractivity contribution in [2.75, 3.05) is 0 Å². The molecule has 4 heterocycles. The van der Waals surface area contributed by atoms with Crippen LogP contribution in [0.5, 0.6) is 0 Å². The summed E-state index contributed by atoms with van der Waals surface area (Å²) in [7, 11) is 7.33. The number of imidazole rings is 3. The number of nitrogens with zero attached hydrogens (tertiary/aromatic N) is 8. The van der Waals surface area contributed by atoms with Crippen LogP contribution in [0.3, 0.4) is 0 Å². The lowest BCUT2D eigenvalue weighted by Crippen LogP contribution is -2.19. The molecule has 202 valence electrons. The quantitative estimate of drug-likeness (QED) is 0.314. The van der Waals surface area contributed by atoms with Gasteiger partial charge in [0.15, 0.2) is 5.82 Å². The lowest BCUT2D eigenvalue weighted by molar-refractivity contribution is 0.632. The van der Waals surface area contributed by atoms with Gasteiger partial charge in [-0.15, -0.1) is 0 Å². The highest BCUT2D eigenvalue weighted by atomic mass is 19.1. The maximum absolute atomic E-state index is 15.7. The van der Waals surface area contributed by atoms with Crippen molar-refractivity contribution in [3.05, 3.63) is 77.1 Å². The molecule has 10 heteroatoms. The number of aryl methyl sites for hydroxylation is 4. The van der Waals surface area contributed by atoms with Crippen LogP contribution < -0.4 is 5.69 Å². The van der Waals surface area contributed by atoms with Gasteiger partial charge in [-0.05, 0) is 49.5 Å². The summed E-state index contributed by atoms with van der Waals surface area (Å²) in [4.78, 5) is 22.4. The van der Waals surface area contributed by atoms with E-state index in [0.717, 1.165) is 53.7 Å². The first kappa shape index (κ1) is 24.3. The summed E-state index contributed by atoms with van der Waals surface area (Å²) in [5, 5.41) is 4.21. The molecule has 1 aliphatic rings. The van der Waals surface area contributed by atoms with E-state index in [4.69, 9.17) is 4.98 Å². The molecular weight excluding hydrogens is 507 g/mol. The molecule has 6 aromatic rings. The van der Waals surface area contributed by atoms with Gasteiger partial charge in [-0.1, -0.05) is 6.08 Å². The van der Waals surface area contributed by atoms with E-state index in [1.165, 1.54) is 11.6 Å². The molecule has 0 bridgehead atoms. The molecule has 0 atom stereocenters. The molecule has 4 aromatic heterocycles. The molecule has 7 rings (SSSR count). The minimum atomic E-state index is -0.360. The highest BCUT2D eigenvalue weighted by molar-refractivity contribution is 5.94. The zero-order valence-corrected chi connectivity index (χ0v) is 22.9. The second-order valence-corrected chi connectivity index (χ2v) is 10.6. The lowest BCUT2D eigenvalue weighted by atomic mass is 9.92. The van der Waals surface area contributed by atoms with Crippen molar-refractivity contribution < 1.29 is 4.39 Å². The molecular formula is C30H29FN8O. The number of rotatable bonds is 4. The van der Waals surface area contributed by atoms with Crippen molar-refractivity contribution in [3.63, 3.8) is 0 Å². The van der Waals surface area contributed by atoms with E-state index in [0.29, 0.717) is 28.0 Å². The third-order valence-electron chi connectivity index (χ3n) is 8.05. The average Bonchev–Trinajstić information content (AvgIpc) is 3.72. The van der Waals surface area contributed by atoms with Crippen molar-refractivity contribution in [2.45, 2.75) is 25.7 Å². The van der Waals surface area contributed by atoms with Crippen LogP contribution in [-0.4, -0.2) is 38.0 Å². The molecule has 1 aliphatic carbocycles. The third-order valence-corrected chi connectivity index (χ3v) is 8.05. The number of aromatic nitrogens is 8. The highest BCUT2D eigenvalue weighted by Gasteiger charge is 2.23. The van der Waals surface area contributed by atoms with Crippen LogP contribution in [0.2, 0.25) is 0 Å². The predicted octanol–water partition coefficient (Wildman–Crippen LogP) is 5.11. The van der Waals surface area contributed by atoms with E-state index in [2.05, 4.69) is 22.2 Å². The second-order valence-electron chi connectivity index (χ2n) is 10.6. The van der Waals surface area contributed by atoms with Crippen LogP contribution in [0.1, 0.15) is 31.2 Å². The number of benzene rings is 2. The fourth-order valence-corrected chi connectivity index (χ4v) is 5.98. The molecule has 0 spiro atoms. The van der Waals surface area contributed by atoms with Crippen LogP contribution in [0.15, 0.2) is 60.1 Å². The number of halogens is 1. The van der Waals surface area contributed by atoms with Gasteiger partial charge in [0.05, 0.1) is 46.5 Å². The molecule has 0 unspecified atom stereocenters. The van der Waals surface area contributed by atoms with Crippen LogP contribution in [0.25, 0.3) is 56.0 Å². The lowest BCUT2D eigenvalue weighted by Gasteiger charge is -2.18. The Morgan fingerprint density at radius 3 is 2.48 bits per heavy atom. The van der Waals surface area contributed by atoms with Gasteiger partial charge in [0.1, 0.15) is 11.5 Å². The van der Waals surface area contributed by atoms with Crippen molar-refractivity contribution in [3.8, 4) is 28.3 Å². The maximum atomic E-state index is 15.7. The van der Waals surface area contributed by atoms with Gasteiger partial charge in [0, 0.05) is 57.1 Å². The SMILES string of the molecule is Cn1cc(-c2cc3nc(-c4cncn4C)n(-c4cc(C5=CCCCC5)c5c(c4)n(C)c(=O)n5C)c3cc2F)cn1. The van der Waals surface area contributed by atoms with E-state index in [-0.39, 0.29) is 11.5 Å². The minimum Gasteiger partial charge on any atom is -0.331 e. The summed E-state index contributed by atoms with van der Waals surface area (Å²) in [5.74, 6) is 0.281. The molecule has 0 N–H and O–H groups in total. The van der Waals surface area contributed by atoms with E-state index in [1.54, 1.807) is 51.8 Å². The Labute approximate surface area is 229 Å². The van der Waals surface area contributed by atoms with Gasteiger partial charge in [0.2, 0.25) is 0 Å². The summed E-state index contributed by atoms with van der Waals surface area (Å²) < 4.78 is 24.7. The summed E-state index contributed by atoms with van der Waals surface area (Å²) in [6, 6.07) is 7.43. The first-order valence-corrected chi connectivity index (χ1v) is 13.4. The Kier molecular flexibility index (Phi) is 5.41. The maximum Gasteiger partial charge on any atom is 0.328 e. The molecule has 0 aliphatic heterocycles. The van der Waals surface area contributed by atoms with Gasteiger partial charge < -0.3 is 4.57 Å². The third kappa shape index (κ3) is 3.59. The van der Waals surface area contributed by atoms with Gasteiger partial charge in [-0.25, -0.2) is 19.2 Å². The van der Waals surface area contributed by atoms with E-state index in [9.17, 15) is 4.79 Å². The summed E-state index contributed by atoms with van der Waals surface area (Å²) in [6.45, 7) is 0. The number of hydrogen-bond acceptors (Lipinski definition) is 4. The van der Waals surface area contributed by atoms with Gasteiger partial charge in [-0.2, -0.15) is 5.10 Å². The Bertz CT molecular complexity index is 2050. The topological polar surface area (TPSA) is 80.4 Å². The van der Waals surface area contributed by atoms with Crippen molar-refractivity contribution in [2.24, 2.45) is 28.2 Å². The normalized spacial score (nSPS) is 14.0. The summed E-state index contributed by atoms with van der Waals surface area (Å²) >= 11 is 0. The second kappa shape index (κ2) is 8.90. The van der Waals surface area contributed by atoms with Gasteiger partial charge >= 0.3 is 5.69 Å². The summed E-state index contributed by atoms with van der Waals surface area (Å²) in [6.07, 6.45) is 13.4. The first-order chi connectivity index (χ1) is 19.3. The largest absolute Gasteiger partial charge is 0.331 e. The average molecular weight is 537 g/mol. The Morgan fingerprint density at radius 2 is 1.77 bits per heavy atom. The number of hydrogen-bond donors (Lipinski definition) is 0. The van der Waals surface area contributed by atoms with Crippen LogP contribution in [0.4, 0.5) is 4.39 Å². The molecule has 0 saturated heterocycles. The monoisotopic (exact) mass is 536 g/mol. The minimum absolute atomic E-state index is 0.0840. The van der Waals surface area contributed by atoms with Gasteiger partial charge in [-0.3, -0.25) is 18.4 Å². The van der Waals surface area contributed by atoms with Gasteiger partial charge in [0.25, 0.3) is 0 Å².